The molecule has 0 atom stereocenters. The van der Waals surface area contributed by atoms with Crippen molar-refractivity contribution in [2.24, 2.45) is 5.41 Å². The van der Waals surface area contributed by atoms with Gasteiger partial charge < -0.3 is 14.2 Å². The summed E-state index contributed by atoms with van der Waals surface area (Å²) in [7, 11) is 0. The lowest BCUT2D eigenvalue weighted by atomic mass is 9.78. The van der Waals surface area contributed by atoms with Gasteiger partial charge in [-0.2, -0.15) is 5.10 Å². The van der Waals surface area contributed by atoms with Gasteiger partial charge in [0.05, 0.1) is 24.3 Å². The Bertz CT molecular complexity index is 1090. The molecule has 0 saturated carbocycles. The van der Waals surface area contributed by atoms with Gasteiger partial charge in [0, 0.05) is 24.2 Å². The Balaban J connectivity index is 1.32. The quantitative estimate of drug-likeness (QED) is 0.735. The summed E-state index contributed by atoms with van der Waals surface area (Å²) >= 11 is 0. The van der Waals surface area contributed by atoms with Gasteiger partial charge in [-0.15, -0.1) is 0 Å². The first-order valence-corrected chi connectivity index (χ1v) is 9.36. The summed E-state index contributed by atoms with van der Waals surface area (Å²) in [6.45, 7) is 4.74. The molecule has 0 unspecified atom stereocenters. The topological polar surface area (TPSA) is 84.2 Å². The first kappa shape index (κ1) is 17.8. The minimum atomic E-state index is -0.307. The number of H-pyrrole nitrogens is 1. The largest absolute Gasteiger partial charge is 0.380 e. The third-order valence-corrected chi connectivity index (χ3v) is 5.43. The van der Waals surface area contributed by atoms with E-state index < -0.39 is 0 Å². The molecule has 1 amide bonds. The lowest BCUT2D eigenvalue weighted by Gasteiger charge is -2.54. The SMILES string of the molecule is Cc1onc(-c2ccc(F)cc2)c1/C=C/c1cc(C(=O)N2CC3(COC3)C2)n[nH]1. The summed E-state index contributed by atoms with van der Waals surface area (Å²) in [6.07, 6.45) is 3.66. The summed E-state index contributed by atoms with van der Waals surface area (Å²) in [4.78, 5) is 14.3. The molecule has 2 aliphatic heterocycles. The molecule has 2 saturated heterocycles. The Morgan fingerprint density at radius 3 is 2.69 bits per heavy atom. The maximum absolute atomic E-state index is 13.2. The van der Waals surface area contributed by atoms with Crippen molar-refractivity contribution in [3.8, 4) is 11.3 Å². The predicted octanol–water partition coefficient (Wildman–Crippen LogP) is 3.16. The Kier molecular flexibility index (Phi) is 4.09. The highest BCUT2D eigenvalue weighted by molar-refractivity contribution is 5.93. The van der Waals surface area contributed by atoms with Crippen LogP contribution in [0.3, 0.4) is 0 Å². The van der Waals surface area contributed by atoms with Crippen LogP contribution in [-0.4, -0.2) is 52.5 Å². The number of likely N-dealkylation sites (tertiary alicyclic amines) is 1. The number of halogens is 1. The van der Waals surface area contributed by atoms with Crippen molar-refractivity contribution in [3.63, 3.8) is 0 Å². The Hall–Kier alpha value is -3.26. The van der Waals surface area contributed by atoms with Gasteiger partial charge in [-0.1, -0.05) is 5.16 Å². The molecule has 0 radical (unpaired) electrons. The molecule has 8 heteroatoms. The fourth-order valence-electron chi connectivity index (χ4n) is 3.74. The van der Waals surface area contributed by atoms with E-state index in [1.807, 2.05) is 19.1 Å². The standard InChI is InChI=1S/C21H19FN4O3/c1-13-17(19(25-29-13)14-2-4-15(22)5-3-14)7-6-16-8-18(24-23-16)20(27)26-9-21(10-26)11-28-12-21/h2-8H,9-12H2,1H3,(H,23,24)/b7-6+. The molecule has 0 aliphatic carbocycles. The number of amides is 1. The normalized spacial score (nSPS) is 17.5. The second-order valence-electron chi connectivity index (χ2n) is 7.70. The molecule has 2 aromatic heterocycles. The van der Waals surface area contributed by atoms with Gasteiger partial charge in [0.15, 0.2) is 5.69 Å². The minimum absolute atomic E-state index is 0.0772. The molecule has 1 aromatic carbocycles. The molecule has 2 fully saturated rings. The Morgan fingerprint density at radius 2 is 2.00 bits per heavy atom. The van der Waals surface area contributed by atoms with E-state index in [0.29, 0.717) is 22.8 Å². The average molecular weight is 394 g/mol. The van der Waals surface area contributed by atoms with Crippen LogP contribution in [0.5, 0.6) is 0 Å². The third kappa shape index (κ3) is 3.15. The second-order valence-corrected chi connectivity index (χ2v) is 7.70. The zero-order chi connectivity index (χ0) is 20.0. The number of nitrogens with one attached hydrogen (secondary N) is 1. The lowest BCUT2D eigenvalue weighted by molar-refractivity contribution is -0.176. The number of aromatic amines is 1. The monoisotopic (exact) mass is 394 g/mol. The van der Waals surface area contributed by atoms with Crippen molar-refractivity contribution in [3.05, 3.63) is 58.9 Å². The number of hydrogen-bond acceptors (Lipinski definition) is 5. The van der Waals surface area contributed by atoms with Crippen molar-refractivity contribution in [2.45, 2.75) is 6.92 Å². The van der Waals surface area contributed by atoms with E-state index in [4.69, 9.17) is 9.26 Å². The number of carbonyl (C=O) groups excluding carboxylic acids is 1. The van der Waals surface area contributed by atoms with E-state index in [2.05, 4.69) is 15.4 Å². The van der Waals surface area contributed by atoms with E-state index in [1.54, 1.807) is 23.1 Å². The van der Waals surface area contributed by atoms with Crippen molar-refractivity contribution in [2.75, 3.05) is 26.3 Å². The molecule has 3 aromatic rings. The van der Waals surface area contributed by atoms with Gasteiger partial charge in [0.2, 0.25) is 0 Å². The number of rotatable bonds is 4. The summed E-state index contributed by atoms with van der Waals surface area (Å²) in [6, 6.07) is 7.81. The molecule has 7 nitrogen and oxygen atoms in total. The first-order chi connectivity index (χ1) is 14.0. The van der Waals surface area contributed by atoms with Gasteiger partial charge in [-0.05, 0) is 49.4 Å². The molecule has 5 rings (SSSR count). The summed E-state index contributed by atoms with van der Waals surface area (Å²) < 4.78 is 23.7. The van der Waals surface area contributed by atoms with E-state index in [1.165, 1.54) is 12.1 Å². The van der Waals surface area contributed by atoms with E-state index in [0.717, 1.165) is 37.4 Å². The molecule has 2 aliphatic rings. The van der Waals surface area contributed by atoms with Crippen LogP contribution < -0.4 is 0 Å². The third-order valence-electron chi connectivity index (χ3n) is 5.43. The maximum Gasteiger partial charge on any atom is 0.274 e. The molecular formula is C21H19FN4O3. The number of aryl methyl sites for hydroxylation is 1. The van der Waals surface area contributed by atoms with Crippen LogP contribution in [0.25, 0.3) is 23.4 Å². The molecule has 29 heavy (non-hydrogen) atoms. The zero-order valence-electron chi connectivity index (χ0n) is 15.8. The number of benzene rings is 1. The van der Waals surface area contributed by atoms with Crippen LogP contribution in [0.15, 0.2) is 34.9 Å². The highest BCUT2D eigenvalue weighted by atomic mass is 19.1. The zero-order valence-corrected chi connectivity index (χ0v) is 15.8. The number of carbonyl (C=O) groups is 1. The van der Waals surface area contributed by atoms with Crippen molar-refractivity contribution < 1.29 is 18.4 Å². The molecule has 148 valence electrons. The van der Waals surface area contributed by atoms with Crippen LogP contribution in [0, 0.1) is 18.2 Å². The molecule has 0 bridgehead atoms. The summed E-state index contributed by atoms with van der Waals surface area (Å²) in [5.74, 6) is 0.259. The van der Waals surface area contributed by atoms with Gasteiger partial charge in [-0.3, -0.25) is 9.89 Å². The smallest absolute Gasteiger partial charge is 0.274 e. The lowest BCUT2D eigenvalue weighted by Crippen LogP contribution is -2.67. The highest BCUT2D eigenvalue weighted by Crippen LogP contribution is 2.38. The van der Waals surface area contributed by atoms with Crippen molar-refractivity contribution in [1.29, 1.82) is 0 Å². The number of ether oxygens (including phenoxy) is 1. The van der Waals surface area contributed by atoms with E-state index >= 15 is 0 Å². The highest BCUT2D eigenvalue weighted by Gasteiger charge is 2.51. The van der Waals surface area contributed by atoms with Crippen molar-refractivity contribution in [1.82, 2.24) is 20.3 Å². The minimum Gasteiger partial charge on any atom is -0.380 e. The Morgan fingerprint density at radius 1 is 1.24 bits per heavy atom. The Labute approximate surface area is 166 Å². The van der Waals surface area contributed by atoms with E-state index in [9.17, 15) is 9.18 Å². The fourth-order valence-corrected chi connectivity index (χ4v) is 3.74. The first-order valence-electron chi connectivity index (χ1n) is 9.36. The van der Waals surface area contributed by atoms with Crippen LogP contribution in [0.4, 0.5) is 4.39 Å². The average Bonchev–Trinajstić information content (AvgIpc) is 3.25. The number of nitrogens with zero attached hydrogens (tertiary/aromatic N) is 3. The molecule has 1 spiro atoms. The number of aromatic nitrogens is 3. The van der Waals surface area contributed by atoms with Crippen LogP contribution in [0.2, 0.25) is 0 Å². The van der Waals surface area contributed by atoms with Crippen LogP contribution in [0.1, 0.15) is 27.5 Å². The van der Waals surface area contributed by atoms with E-state index in [-0.39, 0.29) is 17.1 Å². The molecule has 4 heterocycles. The molecular weight excluding hydrogens is 375 g/mol. The summed E-state index contributed by atoms with van der Waals surface area (Å²) in [5.41, 5.74) is 3.44. The molecule has 1 N–H and O–H groups in total. The van der Waals surface area contributed by atoms with Crippen molar-refractivity contribution >= 4 is 18.1 Å². The predicted molar refractivity (Wildman–Crippen MR) is 103 cm³/mol. The van der Waals surface area contributed by atoms with Gasteiger partial charge in [0.25, 0.3) is 5.91 Å². The maximum atomic E-state index is 13.2. The summed E-state index contributed by atoms with van der Waals surface area (Å²) in [5, 5.41) is 11.1. The van der Waals surface area contributed by atoms with Gasteiger partial charge >= 0.3 is 0 Å². The van der Waals surface area contributed by atoms with Crippen LogP contribution >= 0.6 is 0 Å². The van der Waals surface area contributed by atoms with Gasteiger partial charge in [-0.25, -0.2) is 4.39 Å². The second kappa shape index (κ2) is 6.66. The van der Waals surface area contributed by atoms with Gasteiger partial charge in [0.1, 0.15) is 17.3 Å². The number of hydrogen-bond donors (Lipinski definition) is 1. The van der Waals surface area contributed by atoms with Crippen LogP contribution in [-0.2, 0) is 4.74 Å². The fraction of sp³-hybridized carbons (Fsp3) is 0.286.